The number of aromatic nitrogens is 3. The van der Waals surface area contributed by atoms with E-state index in [1.807, 2.05) is 91.9 Å². The second-order valence-electron chi connectivity index (χ2n) is 15.1. The van der Waals surface area contributed by atoms with E-state index in [9.17, 15) is 5.11 Å². The number of nitrogens with zero attached hydrogens (tertiary/aromatic N) is 3. The van der Waals surface area contributed by atoms with E-state index in [1.165, 1.54) is 5.39 Å². The van der Waals surface area contributed by atoms with Crippen molar-refractivity contribution in [3.05, 3.63) is 188 Å². The van der Waals surface area contributed by atoms with Gasteiger partial charge in [-0.05, 0) is 65.4 Å². The number of furan rings is 1. The zero-order valence-corrected chi connectivity index (χ0v) is 35.0. The third-order valence-electron chi connectivity index (χ3n) is 11.4. The molecular weight excluding hydrogens is 918 g/mol. The van der Waals surface area contributed by atoms with Gasteiger partial charge in [0.1, 0.15) is 16.9 Å². The molecule has 0 saturated carbocycles. The van der Waals surface area contributed by atoms with E-state index in [0.29, 0.717) is 11.3 Å². The fourth-order valence-electron chi connectivity index (χ4n) is 8.72. The third kappa shape index (κ3) is 6.30. The molecule has 290 valence electrons. The van der Waals surface area contributed by atoms with Gasteiger partial charge in [0.15, 0.2) is 0 Å². The quantitative estimate of drug-likeness (QED) is 0.169. The molecule has 7 aromatic carbocycles. The number of rotatable bonds is 6. The van der Waals surface area contributed by atoms with Gasteiger partial charge < -0.3 is 14.1 Å². The predicted molar refractivity (Wildman–Crippen MR) is 241 cm³/mol. The Balaban J connectivity index is 0.00000433. The Hall–Kier alpha value is -7.07. The van der Waals surface area contributed by atoms with Crippen LogP contribution in [0.15, 0.2) is 180 Å². The van der Waals surface area contributed by atoms with Gasteiger partial charge >= 0.3 is 0 Å². The average Bonchev–Trinajstić information content (AvgIpc) is 3.80. The molecule has 4 aromatic heterocycles. The molecule has 0 spiro atoms. The number of aromatic hydroxyl groups is 1. The molecule has 11 aromatic rings. The first-order valence-corrected chi connectivity index (χ1v) is 19.8. The third-order valence-corrected chi connectivity index (χ3v) is 11.4. The Kier molecular flexibility index (Phi) is 9.27. The summed E-state index contributed by atoms with van der Waals surface area (Å²) in [5, 5.41) is 17.9. The maximum Gasteiger partial charge on any atom is 0.136 e. The van der Waals surface area contributed by atoms with Gasteiger partial charge in [0, 0.05) is 83.3 Å². The summed E-state index contributed by atoms with van der Waals surface area (Å²) in [7, 11) is 2.14. The van der Waals surface area contributed by atoms with Crippen LogP contribution in [0.4, 0.5) is 0 Å². The standard InChI is InChI=1S/C54H36N3O2.Pt/c1-33-27-40(53-45-21-9-8-20-44(45)52(57(53)2)38-24-25-43-42-19-10-11-22-50(42)59-51(43)32-38)31-47(55-33)36-16-12-17-37(28-36)48-29-39(34-13-4-3-5-14-34)30-49(56-48)46-26-23-35-15-6-7-18-41(35)54(46)58;/h3-27,29-32,58H,1-2H3;/q-1;. The molecular formula is C54H36N3O2Pt-. The minimum Gasteiger partial charge on any atom is -0.507 e. The molecule has 0 unspecified atom stereocenters. The maximum atomic E-state index is 11.5. The van der Waals surface area contributed by atoms with E-state index in [1.54, 1.807) is 0 Å². The van der Waals surface area contributed by atoms with Gasteiger partial charge in [0.2, 0.25) is 0 Å². The summed E-state index contributed by atoms with van der Waals surface area (Å²) in [6.45, 7) is 2.05. The minimum atomic E-state index is 0. The van der Waals surface area contributed by atoms with Crippen molar-refractivity contribution in [3.63, 3.8) is 0 Å². The van der Waals surface area contributed by atoms with Gasteiger partial charge in [-0.2, -0.15) is 0 Å². The van der Waals surface area contributed by atoms with Crippen LogP contribution in [-0.4, -0.2) is 19.6 Å². The van der Waals surface area contributed by atoms with Crippen LogP contribution < -0.4 is 0 Å². The van der Waals surface area contributed by atoms with Crippen molar-refractivity contribution >= 4 is 43.5 Å². The summed E-state index contributed by atoms with van der Waals surface area (Å²) in [5.74, 6) is 0.215. The van der Waals surface area contributed by atoms with Crippen LogP contribution in [-0.2, 0) is 28.1 Å². The zero-order chi connectivity index (χ0) is 39.6. The summed E-state index contributed by atoms with van der Waals surface area (Å²) < 4.78 is 8.62. The number of benzene rings is 7. The SMILES string of the molecule is Cc1cc(-c2c3ccccc3c(-c3ccc4c(c3)oc3ccccc34)n2C)cc(-c2[c-]c(-c3cc(-c4ccccc4)cc(-c4ccc5ccccc5c4O)n3)ccc2)n1.[Pt]. The van der Waals surface area contributed by atoms with Crippen molar-refractivity contribution in [2.45, 2.75) is 6.92 Å². The molecule has 6 heteroatoms. The first-order valence-electron chi connectivity index (χ1n) is 19.8. The smallest absolute Gasteiger partial charge is 0.136 e. The number of para-hydroxylation sites is 1. The first-order chi connectivity index (χ1) is 29.0. The van der Waals surface area contributed by atoms with Crippen molar-refractivity contribution in [3.8, 4) is 73.2 Å². The molecule has 0 fully saturated rings. The summed E-state index contributed by atoms with van der Waals surface area (Å²) in [6, 6.07) is 63.8. The number of phenolic OH excluding ortho intramolecular Hbond substituents is 1. The Morgan fingerprint density at radius 1 is 0.483 bits per heavy atom. The number of hydrogen-bond acceptors (Lipinski definition) is 4. The molecule has 0 aliphatic rings. The molecule has 11 rings (SSSR count). The second kappa shape index (κ2) is 14.9. The summed E-state index contributed by atoms with van der Waals surface area (Å²) in [6.07, 6.45) is 0. The van der Waals surface area contributed by atoms with E-state index in [4.69, 9.17) is 14.4 Å². The molecule has 60 heavy (non-hydrogen) atoms. The normalized spacial score (nSPS) is 11.4. The number of phenols is 1. The first kappa shape index (κ1) is 37.2. The minimum absolute atomic E-state index is 0. The molecule has 0 bridgehead atoms. The van der Waals surface area contributed by atoms with Crippen LogP contribution in [0.1, 0.15) is 5.69 Å². The second-order valence-corrected chi connectivity index (χ2v) is 15.1. The van der Waals surface area contributed by atoms with Crippen molar-refractivity contribution in [2.24, 2.45) is 7.05 Å². The Morgan fingerprint density at radius 3 is 1.88 bits per heavy atom. The van der Waals surface area contributed by atoms with Crippen LogP contribution in [0, 0.1) is 13.0 Å². The Labute approximate surface area is 361 Å². The molecule has 4 heterocycles. The van der Waals surface area contributed by atoms with Gasteiger partial charge in [-0.15, -0.1) is 24.3 Å². The predicted octanol–water partition coefficient (Wildman–Crippen LogP) is 13.8. The molecule has 0 atom stereocenters. The van der Waals surface area contributed by atoms with Gasteiger partial charge in [-0.1, -0.05) is 132 Å². The monoisotopic (exact) mass is 953 g/mol. The summed E-state index contributed by atoms with van der Waals surface area (Å²) >= 11 is 0. The topological polar surface area (TPSA) is 64.1 Å². The number of pyridine rings is 2. The van der Waals surface area contributed by atoms with Crippen molar-refractivity contribution in [2.75, 3.05) is 0 Å². The van der Waals surface area contributed by atoms with Crippen LogP contribution in [0.2, 0.25) is 0 Å². The molecule has 1 N–H and O–H groups in total. The maximum absolute atomic E-state index is 11.5. The van der Waals surface area contributed by atoms with Crippen LogP contribution >= 0.6 is 0 Å². The average molecular weight is 954 g/mol. The van der Waals surface area contributed by atoms with E-state index < -0.39 is 0 Å². The van der Waals surface area contributed by atoms with Crippen LogP contribution in [0.25, 0.3) is 111 Å². The number of fused-ring (bicyclic) bond motifs is 5. The van der Waals surface area contributed by atoms with Crippen molar-refractivity contribution < 1.29 is 30.6 Å². The molecule has 5 nitrogen and oxygen atoms in total. The summed E-state index contributed by atoms with van der Waals surface area (Å²) in [4.78, 5) is 10.2. The van der Waals surface area contributed by atoms with Gasteiger partial charge in [0.25, 0.3) is 0 Å². The van der Waals surface area contributed by atoms with E-state index >= 15 is 0 Å². The van der Waals surface area contributed by atoms with E-state index in [0.717, 1.165) is 99.9 Å². The Morgan fingerprint density at radius 2 is 1.10 bits per heavy atom. The molecule has 0 amide bonds. The molecule has 0 aliphatic heterocycles. The van der Waals surface area contributed by atoms with Crippen molar-refractivity contribution in [1.29, 1.82) is 0 Å². The van der Waals surface area contributed by atoms with E-state index in [-0.39, 0.29) is 26.8 Å². The van der Waals surface area contributed by atoms with Gasteiger partial charge in [-0.3, -0.25) is 9.97 Å². The van der Waals surface area contributed by atoms with Crippen LogP contribution in [0.5, 0.6) is 5.75 Å². The molecule has 0 aliphatic carbocycles. The molecule has 0 radical (unpaired) electrons. The zero-order valence-electron chi connectivity index (χ0n) is 32.8. The summed E-state index contributed by atoms with van der Waals surface area (Å²) in [5.41, 5.74) is 13.8. The van der Waals surface area contributed by atoms with Gasteiger partial charge in [-0.25, -0.2) is 0 Å². The molecule has 0 saturated heterocycles. The van der Waals surface area contributed by atoms with Crippen molar-refractivity contribution in [1.82, 2.24) is 14.5 Å². The van der Waals surface area contributed by atoms with Gasteiger partial charge in [0.05, 0.1) is 17.1 Å². The fraction of sp³-hybridized carbons (Fsp3) is 0.0370. The largest absolute Gasteiger partial charge is 0.507 e. The fourth-order valence-corrected chi connectivity index (χ4v) is 8.72. The Bertz CT molecular complexity index is 3440. The number of aryl methyl sites for hydroxylation is 1. The number of hydrogen-bond donors (Lipinski definition) is 1. The van der Waals surface area contributed by atoms with Crippen LogP contribution in [0.3, 0.4) is 0 Å². The van der Waals surface area contributed by atoms with E-state index in [2.05, 4.69) is 109 Å².